The van der Waals surface area contributed by atoms with Crippen molar-refractivity contribution in [1.29, 1.82) is 0 Å². The van der Waals surface area contributed by atoms with E-state index in [1.54, 1.807) is 30.5 Å². The summed E-state index contributed by atoms with van der Waals surface area (Å²) in [6.45, 7) is 0.737. The highest BCUT2D eigenvalue weighted by Gasteiger charge is 2.31. The summed E-state index contributed by atoms with van der Waals surface area (Å²) in [5.74, 6) is 0.917. The molecule has 0 aliphatic heterocycles. The van der Waals surface area contributed by atoms with Crippen LogP contribution < -0.4 is 10.0 Å². The van der Waals surface area contributed by atoms with Crippen LogP contribution in [0.15, 0.2) is 58.0 Å². The molecule has 1 aromatic carbocycles. The van der Waals surface area contributed by atoms with Crippen LogP contribution in [0, 0.1) is 0 Å². The number of quaternary nitrogens is 1. The Hall–Kier alpha value is -1.63. The van der Waals surface area contributed by atoms with Crippen LogP contribution in [-0.4, -0.2) is 20.5 Å². The lowest BCUT2D eigenvalue weighted by Gasteiger charge is -2.29. The van der Waals surface area contributed by atoms with Crippen molar-refractivity contribution in [3.8, 4) is 0 Å². The van der Waals surface area contributed by atoms with Gasteiger partial charge in [0, 0.05) is 6.42 Å². The van der Waals surface area contributed by atoms with E-state index in [4.69, 9.17) is 4.42 Å². The van der Waals surface area contributed by atoms with Crippen molar-refractivity contribution in [2.45, 2.75) is 49.2 Å². The fourth-order valence-electron chi connectivity index (χ4n) is 3.15. The first-order chi connectivity index (χ1) is 11.1. The third-order valence-corrected chi connectivity index (χ3v) is 5.89. The summed E-state index contributed by atoms with van der Waals surface area (Å²) in [5.41, 5.74) is 0. The monoisotopic (exact) mass is 335 g/mol. The van der Waals surface area contributed by atoms with Gasteiger partial charge in [-0.15, -0.1) is 0 Å². The first kappa shape index (κ1) is 16.2. The molecule has 1 fully saturated rings. The average molecular weight is 335 g/mol. The van der Waals surface area contributed by atoms with Gasteiger partial charge in [0.05, 0.1) is 17.2 Å². The molecule has 0 bridgehead atoms. The lowest BCUT2D eigenvalue weighted by Crippen LogP contribution is -2.92. The van der Waals surface area contributed by atoms with Gasteiger partial charge in [-0.05, 0) is 37.1 Å². The zero-order valence-electron chi connectivity index (χ0n) is 13.0. The molecule has 1 aliphatic carbocycles. The third-order valence-electron chi connectivity index (χ3n) is 4.38. The van der Waals surface area contributed by atoms with E-state index in [9.17, 15) is 8.42 Å². The minimum atomic E-state index is -3.46. The zero-order valence-corrected chi connectivity index (χ0v) is 13.8. The molecule has 3 N–H and O–H groups in total. The van der Waals surface area contributed by atoms with Crippen molar-refractivity contribution < 1.29 is 18.2 Å². The number of hydrogen-bond donors (Lipinski definition) is 2. The minimum absolute atomic E-state index is 0.0380. The molecule has 6 heteroatoms. The van der Waals surface area contributed by atoms with Crippen LogP contribution in [0.3, 0.4) is 0 Å². The van der Waals surface area contributed by atoms with Crippen LogP contribution >= 0.6 is 0 Å². The summed E-state index contributed by atoms with van der Waals surface area (Å²) < 4.78 is 33.3. The Morgan fingerprint density at radius 1 is 1.09 bits per heavy atom. The van der Waals surface area contributed by atoms with E-state index in [0.717, 1.165) is 38.0 Å². The van der Waals surface area contributed by atoms with Crippen molar-refractivity contribution >= 4 is 10.0 Å². The molecular weight excluding hydrogens is 312 g/mol. The largest absolute Gasteiger partial charge is 0.463 e. The molecule has 1 aliphatic rings. The number of rotatable bonds is 6. The normalized spacial score (nSPS) is 22.1. The second kappa shape index (κ2) is 7.29. The first-order valence-corrected chi connectivity index (χ1v) is 9.56. The quantitative estimate of drug-likeness (QED) is 0.842. The fraction of sp³-hybridized carbons (Fsp3) is 0.412. The molecule has 0 saturated heterocycles. The van der Waals surface area contributed by atoms with Gasteiger partial charge in [0.15, 0.2) is 5.76 Å². The van der Waals surface area contributed by atoms with Gasteiger partial charge in [-0.1, -0.05) is 24.6 Å². The van der Waals surface area contributed by atoms with Crippen LogP contribution in [0.1, 0.15) is 31.4 Å². The molecule has 2 aromatic rings. The molecule has 3 rings (SSSR count). The van der Waals surface area contributed by atoms with Gasteiger partial charge in [-0.2, -0.15) is 0 Å². The molecule has 1 saturated carbocycles. The molecule has 1 heterocycles. The fourth-order valence-corrected chi connectivity index (χ4v) is 4.49. The molecular formula is C17H23N2O3S+. The van der Waals surface area contributed by atoms with Gasteiger partial charge in [0.1, 0.15) is 12.6 Å². The zero-order chi connectivity index (χ0) is 16.1. The van der Waals surface area contributed by atoms with Crippen LogP contribution in [0.4, 0.5) is 0 Å². The van der Waals surface area contributed by atoms with Crippen molar-refractivity contribution in [2.24, 2.45) is 0 Å². The SMILES string of the molecule is O=S(=O)(N[C@H]1CCCC[C@H]1[NH2+]Cc1ccco1)c1ccccc1. The number of furan rings is 1. The Bertz CT molecular complexity index is 699. The second-order valence-electron chi connectivity index (χ2n) is 6.01. The number of hydrogen-bond acceptors (Lipinski definition) is 3. The van der Waals surface area contributed by atoms with Gasteiger partial charge < -0.3 is 9.73 Å². The van der Waals surface area contributed by atoms with Gasteiger partial charge in [0.25, 0.3) is 0 Å². The highest BCUT2D eigenvalue weighted by Crippen LogP contribution is 2.19. The summed E-state index contributed by atoms with van der Waals surface area (Å²) in [5, 5.41) is 2.19. The maximum atomic E-state index is 12.5. The van der Waals surface area contributed by atoms with Crippen LogP contribution in [0.2, 0.25) is 0 Å². The molecule has 0 unspecified atom stereocenters. The van der Waals surface area contributed by atoms with Crippen molar-refractivity contribution in [3.05, 3.63) is 54.5 Å². The Labute approximate surface area is 137 Å². The molecule has 124 valence electrons. The highest BCUT2D eigenvalue weighted by atomic mass is 32.2. The number of nitrogens with one attached hydrogen (secondary N) is 1. The van der Waals surface area contributed by atoms with Gasteiger partial charge in [0.2, 0.25) is 10.0 Å². The molecule has 5 nitrogen and oxygen atoms in total. The van der Waals surface area contributed by atoms with Crippen LogP contribution in [-0.2, 0) is 16.6 Å². The van der Waals surface area contributed by atoms with Crippen molar-refractivity contribution in [2.75, 3.05) is 0 Å². The van der Waals surface area contributed by atoms with E-state index in [1.165, 1.54) is 0 Å². The molecule has 23 heavy (non-hydrogen) atoms. The van der Waals surface area contributed by atoms with E-state index in [2.05, 4.69) is 10.0 Å². The van der Waals surface area contributed by atoms with Gasteiger partial charge in [-0.25, -0.2) is 13.1 Å². The molecule has 1 aromatic heterocycles. The number of nitrogens with two attached hydrogens (primary N) is 1. The standard InChI is InChI=1S/C17H22N2O3S/c20-23(21,15-8-2-1-3-9-15)19-17-11-5-4-10-16(17)18-13-14-7-6-12-22-14/h1-3,6-9,12,16-19H,4-5,10-11,13H2/p+1/t16-,17+/m1/s1. The summed E-state index contributed by atoms with van der Waals surface area (Å²) in [6, 6.07) is 12.6. The van der Waals surface area contributed by atoms with Crippen LogP contribution in [0.5, 0.6) is 0 Å². The second-order valence-corrected chi connectivity index (χ2v) is 7.72. The molecule has 0 radical (unpaired) electrons. The van der Waals surface area contributed by atoms with E-state index in [-0.39, 0.29) is 12.1 Å². The minimum Gasteiger partial charge on any atom is -0.463 e. The highest BCUT2D eigenvalue weighted by molar-refractivity contribution is 7.89. The molecule has 2 atom stereocenters. The summed E-state index contributed by atoms with van der Waals surface area (Å²) in [7, 11) is -3.46. The van der Waals surface area contributed by atoms with E-state index >= 15 is 0 Å². The lowest BCUT2D eigenvalue weighted by atomic mass is 9.91. The summed E-state index contributed by atoms with van der Waals surface area (Å²) in [6.07, 6.45) is 5.77. The van der Waals surface area contributed by atoms with Crippen molar-refractivity contribution in [3.63, 3.8) is 0 Å². The Morgan fingerprint density at radius 2 is 1.87 bits per heavy atom. The third kappa shape index (κ3) is 4.22. The number of benzene rings is 1. The Morgan fingerprint density at radius 3 is 2.61 bits per heavy atom. The Kier molecular flexibility index (Phi) is 5.15. The topological polar surface area (TPSA) is 75.9 Å². The predicted molar refractivity (Wildman–Crippen MR) is 87.1 cm³/mol. The summed E-state index contributed by atoms with van der Waals surface area (Å²) >= 11 is 0. The smallest absolute Gasteiger partial charge is 0.241 e. The van der Waals surface area contributed by atoms with E-state index in [0.29, 0.717) is 4.90 Å². The lowest BCUT2D eigenvalue weighted by molar-refractivity contribution is -0.710. The van der Waals surface area contributed by atoms with E-state index < -0.39 is 10.0 Å². The summed E-state index contributed by atoms with van der Waals surface area (Å²) in [4.78, 5) is 0.329. The number of sulfonamides is 1. The van der Waals surface area contributed by atoms with Gasteiger partial charge in [-0.3, -0.25) is 0 Å². The maximum Gasteiger partial charge on any atom is 0.241 e. The maximum absolute atomic E-state index is 12.5. The Balaban J connectivity index is 1.66. The van der Waals surface area contributed by atoms with Crippen molar-refractivity contribution in [1.82, 2.24) is 4.72 Å². The van der Waals surface area contributed by atoms with Gasteiger partial charge >= 0.3 is 0 Å². The first-order valence-electron chi connectivity index (χ1n) is 8.08. The average Bonchev–Trinajstić information content (AvgIpc) is 3.08. The van der Waals surface area contributed by atoms with Crippen LogP contribution in [0.25, 0.3) is 0 Å². The molecule has 0 amide bonds. The molecule has 0 spiro atoms. The van der Waals surface area contributed by atoms with E-state index in [1.807, 2.05) is 18.2 Å². The predicted octanol–water partition coefficient (Wildman–Crippen LogP) is 1.63.